The van der Waals surface area contributed by atoms with E-state index >= 15 is 0 Å². The van der Waals surface area contributed by atoms with Gasteiger partial charge in [-0.05, 0) is 25.8 Å². The molecular formula is C19H26N4O3. The number of hydrogen-bond acceptors (Lipinski definition) is 6. The van der Waals surface area contributed by atoms with Crippen molar-refractivity contribution in [3.8, 4) is 11.5 Å². The Labute approximate surface area is 153 Å². The standard InChI is InChI=1S/C19H26N4O3/c1-2-25-15-6-3-5-14(18(15)24)13-22-9-8-17-20-21-19(23(17)11-10-22)16-7-4-12-26-16/h3,5-6,16,24H,2,4,7-13H2,1H3/t16-/m0/s1. The van der Waals surface area contributed by atoms with E-state index in [-0.39, 0.29) is 11.9 Å². The maximum atomic E-state index is 10.4. The van der Waals surface area contributed by atoms with Crippen LogP contribution in [0.3, 0.4) is 0 Å². The van der Waals surface area contributed by atoms with Gasteiger partial charge in [0.2, 0.25) is 0 Å². The normalized spacial score (nSPS) is 20.7. The molecule has 7 heteroatoms. The Morgan fingerprint density at radius 2 is 2.19 bits per heavy atom. The first-order valence-electron chi connectivity index (χ1n) is 9.46. The first kappa shape index (κ1) is 17.3. The number of para-hydroxylation sites is 1. The molecule has 0 bridgehead atoms. The zero-order valence-corrected chi connectivity index (χ0v) is 15.2. The molecule has 1 aromatic carbocycles. The van der Waals surface area contributed by atoms with Crippen LogP contribution in [0.15, 0.2) is 18.2 Å². The Morgan fingerprint density at radius 1 is 1.27 bits per heavy atom. The highest BCUT2D eigenvalue weighted by Gasteiger charge is 2.27. The maximum Gasteiger partial charge on any atom is 0.162 e. The fraction of sp³-hybridized carbons (Fsp3) is 0.579. The van der Waals surface area contributed by atoms with Gasteiger partial charge in [0.1, 0.15) is 11.9 Å². The van der Waals surface area contributed by atoms with Crippen LogP contribution in [-0.4, -0.2) is 51.1 Å². The Kier molecular flexibility index (Phi) is 5.08. The number of hydrogen-bond donors (Lipinski definition) is 1. The Morgan fingerprint density at radius 3 is 3.00 bits per heavy atom. The number of aromatic nitrogens is 3. The van der Waals surface area contributed by atoms with Gasteiger partial charge in [-0.2, -0.15) is 0 Å². The van der Waals surface area contributed by atoms with Crippen LogP contribution >= 0.6 is 0 Å². The van der Waals surface area contributed by atoms with Crippen molar-refractivity contribution in [1.29, 1.82) is 0 Å². The van der Waals surface area contributed by atoms with Gasteiger partial charge in [0.25, 0.3) is 0 Å². The van der Waals surface area contributed by atoms with Crippen LogP contribution in [0.1, 0.15) is 43.1 Å². The van der Waals surface area contributed by atoms with Gasteiger partial charge < -0.3 is 19.1 Å². The Balaban J connectivity index is 1.46. The van der Waals surface area contributed by atoms with Gasteiger partial charge in [-0.1, -0.05) is 12.1 Å². The summed E-state index contributed by atoms with van der Waals surface area (Å²) in [6.07, 6.45) is 3.06. The Bertz CT molecular complexity index is 755. The summed E-state index contributed by atoms with van der Waals surface area (Å²) in [7, 11) is 0. The number of phenolic OH excluding ortho intramolecular Hbond substituents is 1. The highest BCUT2D eigenvalue weighted by molar-refractivity contribution is 5.45. The Hall–Kier alpha value is -2.12. The summed E-state index contributed by atoms with van der Waals surface area (Å²) in [5.41, 5.74) is 0.896. The molecule has 0 saturated carbocycles. The van der Waals surface area contributed by atoms with Crippen molar-refractivity contribution in [3.05, 3.63) is 35.4 Å². The van der Waals surface area contributed by atoms with Gasteiger partial charge >= 0.3 is 0 Å². The van der Waals surface area contributed by atoms with Gasteiger partial charge in [0.15, 0.2) is 17.3 Å². The fourth-order valence-corrected chi connectivity index (χ4v) is 3.77. The van der Waals surface area contributed by atoms with Gasteiger partial charge in [0, 0.05) is 44.8 Å². The molecule has 0 amide bonds. The van der Waals surface area contributed by atoms with Crippen molar-refractivity contribution in [2.45, 2.75) is 45.4 Å². The summed E-state index contributed by atoms with van der Waals surface area (Å²) in [6.45, 7) is 6.60. The van der Waals surface area contributed by atoms with Crippen molar-refractivity contribution in [2.75, 3.05) is 26.3 Å². The molecular weight excluding hydrogens is 332 g/mol. The van der Waals surface area contributed by atoms with E-state index in [1.54, 1.807) is 6.07 Å². The minimum Gasteiger partial charge on any atom is -0.504 e. The summed E-state index contributed by atoms with van der Waals surface area (Å²) < 4.78 is 13.5. The molecule has 2 aliphatic heterocycles. The molecule has 3 heterocycles. The van der Waals surface area contributed by atoms with E-state index < -0.39 is 0 Å². The molecule has 26 heavy (non-hydrogen) atoms. The van der Waals surface area contributed by atoms with Crippen LogP contribution in [0.5, 0.6) is 11.5 Å². The molecule has 1 aromatic heterocycles. The van der Waals surface area contributed by atoms with Crippen molar-refractivity contribution in [2.24, 2.45) is 0 Å². The number of rotatable bonds is 5. The number of nitrogens with zero attached hydrogens (tertiary/aromatic N) is 4. The van der Waals surface area contributed by atoms with Gasteiger partial charge in [0.05, 0.1) is 6.61 Å². The molecule has 2 aliphatic rings. The summed E-state index contributed by atoms with van der Waals surface area (Å²) in [5, 5.41) is 19.2. The summed E-state index contributed by atoms with van der Waals surface area (Å²) in [4.78, 5) is 2.35. The number of phenols is 1. The molecule has 140 valence electrons. The third-order valence-corrected chi connectivity index (χ3v) is 5.14. The molecule has 1 atom stereocenters. The molecule has 0 radical (unpaired) electrons. The van der Waals surface area contributed by atoms with E-state index in [4.69, 9.17) is 9.47 Å². The molecule has 2 aromatic rings. The second-order valence-corrected chi connectivity index (χ2v) is 6.85. The fourth-order valence-electron chi connectivity index (χ4n) is 3.77. The van der Waals surface area contributed by atoms with Gasteiger partial charge in [-0.15, -0.1) is 10.2 Å². The van der Waals surface area contributed by atoms with Crippen LogP contribution in [0.4, 0.5) is 0 Å². The largest absolute Gasteiger partial charge is 0.504 e. The third kappa shape index (κ3) is 3.41. The van der Waals surface area contributed by atoms with Crippen molar-refractivity contribution in [1.82, 2.24) is 19.7 Å². The van der Waals surface area contributed by atoms with Crippen LogP contribution in [0.25, 0.3) is 0 Å². The van der Waals surface area contributed by atoms with Crippen LogP contribution < -0.4 is 4.74 Å². The van der Waals surface area contributed by atoms with Crippen molar-refractivity contribution < 1.29 is 14.6 Å². The summed E-state index contributed by atoms with van der Waals surface area (Å²) in [6, 6.07) is 5.70. The number of aromatic hydroxyl groups is 1. The lowest BCUT2D eigenvalue weighted by Crippen LogP contribution is -2.27. The second kappa shape index (κ2) is 7.63. The minimum atomic E-state index is 0.0923. The molecule has 0 unspecified atom stereocenters. The topological polar surface area (TPSA) is 72.6 Å². The number of benzene rings is 1. The predicted octanol–water partition coefficient (Wildman–Crippen LogP) is 2.29. The highest BCUT2D eigenvalue weighted by Crippen LogP contribution is 2.31. The van der Waals surface area contributed by atoms with E-state index in [1.807, 2.05) is 19.1 Å². The smallest absolute Gasteiger partial charge is 0.162 e. The average Bonchev–Trinajstić information content (AvgIpc) is 3.26. The summed E-state index contributed by atoms with van der Waals surface area (Å²) in [5.74, 6) is 2.81. The van der Waals surface area contributed by atoms with E-state index in [0.29, 0.717) is 18.9 Å². The lowest BCUT2D eigenvalue weighted by molar-refractivity contribution is 0.101. The van der Waals surface area contributed by atoms with E-state index in [2.05, 4.69) is 19.7 Å². The van der Waals surface area contributed by atoms with E-state index in [1.165, 1.54) is 0 Å². The summed E-state index contributed by atoms with van der Waals surface area (Å²) >= 11 is 0. The molecule has 1 N–H and O–H groups in total. The molecule has 1 fully saturated rings. The highest BCUT2D eigenvalue weighted by atomic mass is 16.5. The van der Waals surface area contributed by atoms with Crippen LogP contribution in [0.2, 0.25) is 0 Å². The zero-order chi connectivity index (χ0) is 17.9. The zero-order valence-electron chi connectivity index (χ0n) is 15.2. The molecule has 7 nitrogen and oxygen atoms in total. The SMILES string of the molecule is CCOc1cccc(CN2CCc3nnc([C@@H]4CCCO4)n3CC2)c1O. The lowest BCUT2D eigenvalue weighted by Gasteiger charge is -2.21. The molecule has 0 aliphatic carbocycles. The van der Waals surface area contributed by atoms with Crippen LogP contribution in [-0.2, 0) is 24.2 Å². The first-order valence-corrected chi connectivity index (χ1v) is 9.46. The maximum absolute atomic E-state index is 10.4. The van der Waals surface area contributed by atoms with Crippen molar-refractivity contribution >= 4 is 0 Å². The number of fused-ring (bicyclic) bond motifs is 1. The van der Waals surface area contributed by atoms with E-state index in [0.717, 1.165) is 62.7 Å². The second-order valence-electron chi connectivity index (χ2n) is 6.85. The monoisotopic (exact) mass is 358 g/mol. The third-order valence-electron chi connectivity index (χ3n) is 5.14. The van der Waals surface area contributed by atoms with Crippen LogP contribution in [0, 0.1) is 0 Å². The molecule has 4 rings (SSSR count). The molecule has 1 saturated heterocycles. The predicted molar refractivity (Wildman–Crippen MR) is 96.2 cm³/mol. The van der Waals surface area contributed by atoms with Crippen molar-refractivity contribution in [3.63, 3.8) is 0 Å². The van der Waals surface area contributed by atoms with Gasteiger partial charge in [-0.25, -0.2) is 0 Å². The lowest BCUT2D eigenvalue weighted by atomic mass is 10.1. The quantitative estimate of drug-likeness (QED) is 0.884. The minimum absolute atomic E-state index is 0.0923. The number of ether oxygens (including phenoxy) is 2. The van der Waals surface area contributed by atoms with Gasteiger partial charge in [-0.3, -0.25) is 4.90 Å². The molecule has 0 spiro atoms. The van der Waals surface area contributed by atoms with E-state index in [9.17, 15) is 5.11 Å². The first-order chi connectivity index (χ1) is 12.8. The average molecular weight is 358 g/mol.